The van der Waals surface area contributed by atoms with Crippen LogP contribution in [0.15, 0.2) is 30.3 Å². The Hall–Kier alpha value is -1.43. The first-order chi connectivity index (χ1) is 10.6. The van der Waals surface area contributed by atoms with E-state index in [-0.39, 0.29) is 5.91 Å². The molecule has 1 heterocycles. The van der Waals surface area contributed by atoms with Crippen LogP contribution < -0.4 is 0 Å². The minimum atomic E-state index is -0.493. The summed E-state index contributed by atoms with van der Waals surface area (Å²) in [6, 6.07) is 9.96. The summed E-state index contributed by atoms with van der Waals surface area (Å²) in [5, 5.41) is 10.1. The number of nitrogens with zero attached hydrogens (tertiary/aromatic N) is 2. The molecule has 5 nitrogen and oxygen atoms in total. The first-order valence-corrected chi connectivity index (χ1v) is 7.93. The van der Waals surface area contributed by atoms with Gasteiger partial charge in [0.25, 0.3) is 0 Å². The van der Waals surface area contributed by atoms with Crippen LogP contribution >= 0.6 is 0 Å². The van der Waals surface area contributed by atoms with Crippen LogP contribution in [0.25, 0.3) is 0 Å². The molecule has 1 amide bonds. The van der Waals surface area contributed by atoms with Crippen LogP contribution in [0.5, 0.6) is 0 Å². The molecule has 1 aromatic carbocycles. The fourth-order valence-electron chi connectivity index (χ4n) is 2.71. The highest BCUT2D eigenvalue weighted by atomic mass is 16.5. The van der Waals surface area contributed by atoms with Crippen LogP contribution in [0.3, 0.4) is 0 Å². The molecule has 1 fully saturated rings. The van der Waals surface area contributed by atoms with Crippen molar-refractivity contribution in [3.8, 4) is 0 Å². The second-order valence-corrected chi connectivity index (χ2v) is 5.81. The van der Waals surface area contributed by atoms with Gasteiger partial charge in [-0.05, 0) is 18.5 Å². The molecule has 0 radical (unpaired) electrons. The van der Waals surface area contributed by atoms with Crippen molar-refractivity contribution in [2.75, 3.05) is 39.3 Å². The monoisotopic (exact) mass is 306 g/mol. The maximum absolute atomic E-state index is 11.4. The number of hydrogen-bond acceptors (Lipinski definition) is 4. The molecule has 2 rings (SSSR count). The van der Waals surface area contributed by atoms with Crippen LogP contribution in [0.4, 0.5) is 0 Å². The van der Waals surface area contributed by atoms with E-state index in [1.54, 1.807) is 6.92 Å². The molecule has 1 saturated heterocycles. The van der Waals surface area contributed by atoms with Crippen LogP contribution in [0, 0.1) is 0 Å². The van der Waals surface area contributed by atoms with Gasteiger partial charge in [-0.25, -0.2) is 0 Å². The Morgan fingerprint density at radius 2 is 2.00 bits per heavy atom. The van der Waals surface area contributed by atoms with Gasteiger partial charge in [0.15, 0.2) is 0 Å². The zero-order chi connectivity index (χ0) is 15.8. The highest BCUT2D eigenvalue weighted by molar-refractivity contribution is 5.73. The molecule has 1 N–H and O–H groups in total. The summed E-state index contributed by atoms with van der Waals surface area (Å²) >= 11 is 0. The number of benzene rings is 1. The zero-order valence-electron chi connectivity index (χ0n) is 13.3. The normalized spacial score (nSPS) is 18.0. The predicted octanol–water partition coefficient (Wildman–Crippen LogP) is 1.12. The first kappa shape index (κ1) is 16.9. The third-order valence-corrected chi connectivity index (χ3v) is 3.92. The fourth-order valence-corrected chi connectivity index (χ4v) is 2.71. The van der Waals surface area contributed by atoms with E-state index in [1.807, 2.05) is 35.2 Å². The molecule has 0 aromatic heterocycles. The van der Waals surface area contributed by atoms with Gasteiger partial charge in [0, 0.05) is 33.1 Å². The van der Waals surface area contributed by atoms with Crippen LogP contribution in [-0.2, 0) is 16.1 Å². The van der Waals surface area contributed by atoms with Gasteiger partial charge < -0.3 is 14.7 Å². The van der Waals surface area contributed by atoms with Gasteiger partial charge in [0.05, 0.1) is 19.3 Å². The highest BCUT2D eigenvalue weighted by Gasteiger charge is 2.18. The lowest BCUT2D eigenvalue weighted by Crippen LogP contribution is -2.38. The number of β-amino-alcohol motifs (C(OH)–C–C–N with tert-alkyl or cyclic N) is 1. The van der Waals surface area contributed by atoms with Crippen molar-refractivity contribution in [2.45, 2.75) is 26.1 Å². The Kier molecular flexibility index (Phi) is 6.83. The Morgan fingerprint density at radius 3 is 2.73 bits per heavy atom. The second kappa shape index (κ2) is 8.88. The lowest BCUT2D eigenvalue weighted by Gasteiger charge is -2.23. The Bertz CT molecular complexity index is 452. The Morgan fingerprint density at radius 1 is 1.23 bits per heavy atom. The number of aliphatic hydroxyl groups excluding tert-OH is 1. The number of aliphatic hydroxyl groups is 1. The molecular weight excluding hydrogens is 280 g/mol. The lowest BCUT2D eigenvalue weighted by atomic mass is 10.2. The average Bonchev–Trinajstić information content (AvgIpc) is 2.74. The average molecular weight is 306 g/mol. The molecule has 0 saturated carbocycles. The van der Waals surface area contributed by atoms with Gasteiger partial charge in [-0.3, -0.25) is 9.69 Å². The number of carbonyl (C=O) groups is 1. The Labute approximate surface area is 132 Å². The summed E-state index contributed by atoms with van der Waals surface area (Å²) in [7, 11) is 0. The fraction of sp³-hybridized carbons (Fsp3) is 0.588. The zero-order valence-corrected chi connectivity index (χ0v) is 13.3. The second-order valence-electron chi connectivity index (χ2n) is 5.81. The number of rotatable bonds is 6. The van der Waals surface area contributed by atoms with Crippen molar-refractivity contribution in [2.24, 2.45) is 0 Å². The van der Waals surface area contributed by atoms with E-state index in [0.717, 1.165) is 38.2 Å². The van der Waals surface area contributed by atoms with E-state index in [4.69, 9.17) is 4.74 Å². The smallest absolute Gasteiger partial charge is 0.219 e. The summed E-state index contributed by atoms with van der Waals surface area (Å²) in [6.07, 6.45) is 0.463. The SMILES string of the molecule is CC(=O)N1CCCN(C[C@H](O)COCc2ccccc2)CC1. The van der Waals surface area contributed by atoms with Gasteiger partial charge in [-0.1, -0.05) is 30.3 Å². The van der Waals surface area contributed by atoms with E-state index in [0.29, 0.717) is 19.8 Å². The molecule has 1 aliphatic heterocycles. The van der Waals surface area contributed by atoms with E-state index in [2.05, 4.69) is 4.90 Å². The van der Waals surface area contributed by atoms with Crippen molar-refractivity contribution in [1.29, 1.82) is 0 Å². The summed E-state index contributed by atoms with van der Waals surface area (Å²) in [6.45, 7) is 6.36. The predicted molar refractivity (Wildman–Crippen MR) is 85.4 cm³/mol. The maximum atomic E-state index is 11.4. The number of hydrogen-bond donors (Lipinski definition) is 1. The summed E-state index contributed by atoms with van der Waals surface area (Å²) in [5.41, 5.74) is 1.11. The standard InChI is InChI=1S/C17H26N2O3/c1-15(20)19-9-5-8-18(10-11-19)12-17(21)14-22-13-16-6-3-2-4-7-16/h2-4,6-7,17,21H,5,8-14H2,1H3/t17-/m0/s1. The van der Waals surface area contributed by atoms with E-state index < -0.39 is 6.10 Å². The van der Waals surface area contributed by atoms with Crippen LogP contribution in [0.1, 0.15) is 18.9 Å². The van der Waals surface area contributed by atoms with E-state index in [1.165, 1.54) is 0 Å². The van der Waals surface area contributed by atoms with E-state index >= 15 is 0 Å². The molecule has 1 aromatic rings. The van der Waals surface area contributed by atoms with E-state index in [9.17, 15) is 9.90 Å². The van der Waals surface area contributed by atoms with Gasteiger partial charge in [0.2, 0.25) is 5.91 Å². The quantitative estimate of drug-likeness (QED) is 0.856. The minimum Gasteiger partial charge on any atom is -0.389 e. The van der Waals surface area contributed by atoms with Crippen molar-refractivity contribution in [3.63, 3.8) is 0 Å². The van der Waals surface area contributed by atoms with Crippen LogP contribution in [-0.4, -0.2) is 66.2 Å². The van der Waals surface area contributed by atoms with Crippen molar-refractivity contribution in [1.82, 2.24) is 9.80 Å². The van der Waals surface area contributed by atoms with Crippen molar-refractivity contribution in [3.05, 3.63) is 35.9 Å². The van der Waals surface area contributed by atoms with Crippen LogP contribution in [0.2, 0.25) is 0 Å². The number of ether oxygens (including phenoxy) is 1. The van der Waals surface area contributed by atoms with Gasteiger partial charge in [-0.15, -0.1) is 0 Å². The molecular formula is C17H26N2O3. The molecule has 0 unspecified atom stereocenters. The van der Waals surface area contributed by atoms with Crippen molar-refractivity contribution < 1.29 is 14.6 Å². The third kappa shape index (κ3) is 5.75. The minimum absolute atomic E-state index is 0.133. The number of amides is 1. The topological polar surface area (TPSA) is 53.0 Å². The third-order valence-electron chi connectivity index (χ3n) is 3.92. The Balaban J connectivity index is 1.66. The molecule has 1 atom stereocenters. The lowest BCUT2D eigenvalue weighted by molar-refractivity contribution is -0.128. The number of carbonyl (C=O) groups excluding carboxylic acids is 1. The molecule has 122 valence electrons. The summed E-state index contributed by atoms with van der Waals surface area (Å²) in [4.78, 5) is 15.5. The molecule has 0 aliphatic carbocycles. The highest BCUT2D eigenvalue weighted by Crippen LogP contribution is 2.06. The summed E-state index contributed by atoms with van der Waals surface area (Å²) in [5.74, 6) is 0.133. The summed E-state index contributed by atoms with van der Waals surface area (Å²) < 4.78 is 5.57. The largest absolute Gasteiger partial charge is 0.389 e. The maximum Gasteiger partial charge on any atom is 0.219 e. The molecule has 0 bridgehead atoms. The molecule has 0 spiro atoms. The first-order valence-electron chi connectivity index (χ1n) is 7.93. The molecule has 5 heteroatoms. The van der Waals surface area contributed by atoms with Gasteiger partial charge in [0.1, 0.15) is 0 Å². The van der Waals surface area contributed by atoms with Crippen molar-refractivity contribution >= 4 is 5.91 Å². The molecule has 22 heavy (non-hydrogen) atoms. The van der Waals surface area contributed by atoms with Gasteiger partial charge in [-0.2, -0.15) is 0 Å². The molecule has 1 aliphatic rings. The van der Waals surface area contributed by atoms with Gasteiger partial charge >= 0.3 is 0 Å².